The Kier molecular flexibility index (Phi) is 4.14. The second kappa shape index (κ2) is 5.49. The van der Waals surface area contributed by atoms with E-state index in [2.05, 4.69) is 25.8 Å². The van der Waals surface area contributed by atoms with Crippen LogP contribution >= 0.6 is 0 Å². The summed E-state index contributed by atoms with van der Waals surface area (Å²) < 4.78 is 5.32. The number of nitrogens with zero attached hydrogens (tertiary/aromatic N) is 1. The van der Waals surface area contributed by atoms with E-state index in [9.17, 15) is 4.79 Å². The molecule has 1 atom stereocenters. The molecule has 0 spiro atoms. The SMILES string of the molecule is Cc1occc1CN(C)CC1CC(C)(C)CCC1=O. The van der Waals surface area contributed by atoms with Crippen molar-refractivity contribution >= 4 is 5.78 Å². The summed E-state index contributed by atoms with van der Waals surface area (Å²) in [6.45, 7) is 8.23. The van der Waals surface area contributed by atoms with Crippen molar-refractivity contribution in [1.82, 2.24) is 4.90 Å². The van der Waals surface area contributed by atoms with Gasteiger partial charge in [0.25, 0.3) is 0 Å². The molecular formula is C16H25NO2. The monoisotopic (exact) mass is 263 g/mol. The third-order valence-electron chi connectivity index (χ3n) is 4.24. The van der Waals surface area contributed by atoms with Crippen LogP contribution in [0.2, 0.25) is 0 Å². The molecule has 0 saturated heterocycles. The molecule has 1 saturated carbocycles. The van der Waals surface area contributed by atoms with E-state index in [1.54, 1.807) is 6.26 Å². The van der Waals surface area contributed by atoms with Gasteiger partial charge in [-0.1, -0.05) is 13.8 Å². The van der Waals surface area contributed by atoms with Gasteiger partial charge in [0.1, 0.15) is 11.5 Å². The first kappa shape index (κ1) is 14.3. The number of rotatable bonds is 4. The van der Waals surface area contributed by atoms with Crippen molar-refractivity contribution in [2.24, 2.45) is 11.3 Å². The fourth-order valence-corrected chi connectivity index (χ4v) is 3.02. The van der Waals surface area contributed by atoms with Crippen LogP contribution in [0.3, 0.4) is 0 Å². The molecule has 3 nitrogen and oxygen atoms in total. The second-order valence-corrected chi connectivity index (χ2v) is 6.73. The summed E-state index contributed by atoms with van der Waals surface area (Å²) in [5, 5.41) is 0. The molecule has 0 aliphatic heterocycles. The smallest absolute Gasteiger partial charge is 0.137 e. The molecule has 0 N–H and O–H groups in total. The Balaban J connectivity index is 1.92. The number of carbonyl (C=O) groups is 1. The van der Waals surface area contributed by atoms with Gasteiger partial charge in [-0.2, -0.15) is 0 Å². The first-order valence-corrected chi connectivity index (χ1v) is 7.12. The van der Waals surface area contributed by atoms with Gasteiger partial charge in [-0.3, -0.25) is 4.79 Å². The first-order chi connectivity index (χ1) is 8.87. The van der Waals surface area contributed by atoms with E-state index >= 15 is 0 Å². The third kappa shape index (κ3) is 3.69. The minimum atomic E-state index is 0.195. The number of furan rings is 1. The molecule has 3 heteroatoms. The van der Waals surface area contributed by atoms with E-state index in [0.29, 0.717) is 11.2 Å². The van der Waals surface area contributed by atoms with Crippen molar-refractivity contribution in [3.8, 4) is 0 Å². The lowest BCUT2D eigenvalue weighted by molar-refractivity contribution is -0.127. The molecule has 106 valence electrons. The summed E-state index contributed by atoms with van der Waals surface area (Å²) in [4.78, 5) is 14.3. The molecule has 1 aromatic heterocycles. The minimum absolute atomic E-state index is 0.195. The summed E-state index contributed by atoms with van der Waals surface area (Å²) in [6.07, 6.45) is 4.52. The van der Waals surface area contributed by atoms with E-state index in [1.165, 1.54) is 5.56 Å². The van der Waals surface area contributed by atoms with Crippen molar-refractivity contribution in [3.05, 3.63) is 23.7 Å². The molecule has 0 bridgehead atoms. The zero-order chi connectivity index (χ0) is 14.0. The topological polar surface area (TPSA) is 33.5 Å². The highest BCUT2D eigenvalue weighted by Gasteiger charge is 2.33. The number of carbonyl (C=O) groups excluding carboxylic acids is 1. The van der Waals surface area contributed by atoms with Crippen molar-refractivity contribution in [3.63, 3.8) is 0 Å². The highest BCUT2D eigenvalue weighted by molar-refractivity contribution is 5.82. The number of aryl methyl sites for hydroxylation is 1. The summed E-state index contributed by atoms with van der Waals surface area (Å²) in [5.74, 6) is 1.61. The maximum Gasteiger partial charge on any atom is 0.137 e. The summed E-state index contributed by atoms with van der Waals surface area (Å²) in [7, 11) is 2.08. The van der Waals surface area contributed by atoms with Crippen LogP contribution in [-0.4, -0.2) is 24.3 Å². The van der Waals surface area contributed by atoms with E-state index < -0.39 is 0 Å². The Bertz CT molecular complexity index is 447. The van der Waals surface area contributed by atoms with E-state index in [1.807, 2.05) is 13.0 Å². The van der Waals surface area contributed by atoms with E-state index in [4.69, 9.17) is 4.42 Å². The average molecular weight is 263 g/mol. The van der Waals surface area contributed by atoms with E-state index in [-0.39, 0.29) is 5.92 Å². The quantitative estimate of drug-likeness (QED) is 0.834. The molecule has 1 aromatic rings. The van der Waals surface area contributed by atoms with Gasteiger partial charge in [0.15, 0.2) is 0 Å². The van der Waals surface area contributed by atoms with Crippen LogP contribution in [0.4, 0.5) is 0 Å². The van der Waals surface area contributed by atoms with Crippen LogP contribution in [-0.2, 0) is 11.3 Å². The van der Waals surface area contributed by atoms with Gasteiger partial charge in [-0.25, -0.2) is 0 Å². The van der Waals surface area contributed by atoms with Crippen LogP contribution in [0.15, 0.2) is 16.7 Å². The lowest BCUT2D eigenvalue weighted by Gasteiger charge is -2.35. The Morgan fingerprint density at radius 1 is 1.47 bits per heavy atom. The summed E-state index contributed by atoms with van der Waals surface area (Å²) >= 11 is 0. The van der Waals surface area contributed by atoms with Gasteiger partial charge >= 0.3 is 0 Å². The summed E-state index contributed by atoms with van der Waals surface area (Å²) in [6, 6.07) is 2.01. The normalized spacial score (nSPS) is 23.0. The fraction of sp³-hybridized carbons (Fsp3) is 0.688. The third-order valence-corrected chi connectivity index (χ3v) is 4.24. The predicted octanol–water partition coefficient (Wildman–Crippen LogP) is 3.42. The lowest BCUT2D eigenvalue weighted by atomic mass is 9.71. The highest BCUT2D eigenvalue weighted by atomic mass is 16.3. The zero-order valence-electron chi connectivity index (χ0n) is 12.5. The van der Waals surface area contributed by atoms with Crippen LogP contribution < -0.4 is 0 Å². The Hall–Kier alpha value is -1.09. The van der Waals surface area contributed by atoms with E-state index in [0.717, 1.165) is 38.1 Å². The minimum Gasteiger partial charge on any atom is -0.469 e. The van der Waals surface area contributed by atoms with Crippen molar-refractivity contribution < 1.29 is 9.21 Å². The molecule has 0 aromatic carbocycles. The highest BCUT2D eigenvalue weighted by Crippen LogP contribution is 2.37. The Labute approximate surface area is 116 Å². The van der Waals surface area contributed by atoms with Crippen LogP contribution in [0, 0.1) is 18.3 Å². The zero-order valence-corrected chi connectivity index (χ0v) is 12.5. The molecule has 19 heavy (non-hydrogen) atoms. The number of Topliss-reactive ketones (excluding diaryl/α,β-unsaturated/α-hetero) is 1. The second-order valence-electron chi connectivity index (χ2n) is 6.73. The maximum absolute atomic E-state index is 12.0. The van der Waals surface area contributed by atoms with Crippen molar-refractivity contribution in [1.29, 1.82) is 0 Å². The van der Waals surface area contributed by atoms with Gasteiger partial charge in [0, 0.05) is 31.0 Å². The molecule has 1 heterocycles. The maximum atomic E-state index is 12.0. The predicted molar refractivity (Wildman–Crippen MR) is 75.9 cm³/mol. The molecule has 0 radical (unpaired) electrons. The number of ketones is 1. The van der Waals surface area contributed by atoms with Gasteiger partial charge in [0.05, 0.1) is 6.26 Å². The molecule has 1 aliphatic carbocycles. The Morgan fingerprint density at radius 3 is 2.84 bits per heavy atom. The molecule has 0 amide bonds. The van der Waals surface area contributed by atoms with Gasteiger partial charge in [0.2, 0.25) is 0 Å². The van der Waals surface area contributed by atoms with Crippen molar-refractivity contribution in [2.75, 3.05) is 13.6 Å². The van der Waals surface area contributed by atoms with Gasteiger partial charge < -0.3 is 9.32 Å². The van der Waals surface area contributed by atoms with Crippen molar-refractivity contribution in [2.45, 2.75) is 46.6 Å². The average Bonchev–Trinajstić information content (AvgIpc) is 2.69. The number of hydrogen-bond acceptors (Lipinski definition) is 3. The first-order valence-electron chi connectivity index (χ1n) is 7.12. The largest absolute Gasteiger partial charge is 0.469 e. The van der Waals surface area contributed by atoms with Crippen LogP contribution in [0.1, 0.15) is 44.4 Å². The fourth-order valence-electron chi connectivity index (χ4n) is 3.02. The molecule has 1 fully saturated rings. The number of hydrogen-bond donors (Lipinski definition) is 0. The molecule has 2 rings (SSSR count). The van der Waals surface area contributed by atoms with Crippen LogP contribution in [0.25, 0.3) is 0 Å². The summed E-state index contributed by atoms with van der Waals surface area (Å²) in [5.41, 5.74) is 1.52. The Morgan fingerprint density at radius 2 is 2.21 bits per heavy atom. The standard InChI is InChI=1S/C16H25NO2/c1-12-13(6-8-19-12)10-17(4)11-14-9-16(2,3)7-5-15(14)18/h6,8,14H,5,7,9-11H2,1-4H3. The van der Waals surface area contributed by atoms with Gasteiger partial charge in [-0.05, 0) is 38.3 Å². The van der Waals surface area contributed by atoms with Gasteiger partial charge in [-0.15, -0.1) is 0 Å². The molecular weight excluding hydrogens is 238 g/mol. The van der Waals surface area contributed by atoms with Crippen LogP contribution in [0.5, 0.6) is 0 Å². The lowest BCUT2D eigenvalue weighted by Crippen LogP contribution is -2.37. The molecule has 1 aliphatic rings. The molecule has 1 unspecified atom stereocenters.